The van der Waals surface area contributed by atoms with Crippen LogP contribution in [0, 0.1) is 10.1 Å². The minimum Gasteiger partial charge on any atom is -0.449 e. The number of esters is 1. The number of nitro benzene ring substituents is 1. The van der Waals surface area contributed by atoms with Crippen molar-refractivity contribution in [1.82, 2.24) is 0 Å². The molecule has 7 nitrogen and oxygen atoms in total. The molecule has 30 heavy (non-hydrogen) atoms. The summed E-state index contributed by atoms with van der Waals surface area (Å²) in [6.45, 7) is 1.41. The van der Waals surface area contributed by atoms with E-state index < -0.39 is 22.9 Å². The maximum Gasteiger partial charge on any atom is 0.340 e. The average Bonchev–Trinajstić information content (AvgIpc) is 2.74. The van der Waals surface area contributed by atoms with Gasteiger partial charge >= 0.3 is 5.97 Å². The van der Waals surface area contributed by atoms with Crippen molar-refractivity contribution >= 4 is 34.9 Å². The fourth-order valence-electron chi connectivity index (χ4n) is 2.76. The molecule has 0 radical (unpaired) electrons. The minimum absolute atomic E-state index is 0.00682. The number of ether oxygens (including phenoxy) is 1. The number of hydrogen-bond donors (Lipinski definition) is 1. The number of rotatable bonds is 6. The van der Waals surface area contributed by atoms with Crippen LogP contribution in [0.3, 0.4) is 0 Å². The molecule has 0 aliphatic rings. The van der Waals surface area contributed by atoms with Crippen molar-refractivity contribution in [1.29, 1.82) is 0 Å². The van der Waals surface area contributed by atoms with E-state index in [1.54, 1.807) is 12.1 Å². The van der Waals surface area contributed by atoms with Gasteiger partial charge in [-0.15, -0.1) is 0 Å². The monoisotopic (exact) mass is 424 g/mol. The topological polar surface area (TPSA) is 98.5 Å². The number of halogens is 1. The quantitative estimate of drug-likeness (QED) is 0.337. The van der Waals surface area contributed by atoms with Gasteiger partial charge in [-0.3, -0.25) is 14.9 Å². The highest BCUT2D eigenvalue weighted by molar-refractivity contribution is 6.33. The molecule has 0 aliphatic heterocycles. The Morgan fingerprint density at radius 2 is 1.70 bits per heavy atom. The van der Waals surface area contributed by atoms with Crippen molar-refractivity contribution in [2.24, 2.45) is 0 Å². The first-order valence-corrected chi connectivity index (χ1v) is 9.35. The lowest BCUT2D eigenvalue weighted by atomic mass is 10.0. The summed E-state index contributed by atoms with van der Waals surface area (Å²) in [5, 5.41) is 13.7. The fourth-order valence-corrected chi connectivity index (χ4v) is 2.95. The van der Waals surface area contributed by atoms with Crippen LogP contribution in [0.1, 0.15) is 17.3 Å². The van der Waals surface area contributed by atoms with Gasteiger partial charge in [-0.05, 0) is 24.6 Å². The van der Waals surface area contributed by atoms with Crippen LogP contribution in [0.4, 0.5) is 11.4 Å². The fraction of sp³-hybridized carbons (Fsp3) is 0.0909. The van der Waals surface area contributed by atoms with Crippen molar-refractivity contribution in [3.05, 3.63) is 93.5 Å². The molecule has 152 valence electrons. The Kier molecular flexibility index (Phi) is 6.44. The molecule has 3 aromatic rings. The van der Waals surface area contributed by atoms with E-state index in [-0.39, 0.29) is 16.3 Å². The van der Waals surface area contributed by atoms with E-state index in [0.717, 1.165) is 17.2 Å². The number of nitro groups is 1. The van der Waals surface area contributed by atoms with E-state index >= 15 is 0 Å². The molecule has 0 saturated heterocycles. The zero-order valence-electron chi connectivity index (χ0n) is 15.9. The molecule has 1 amide bonds. The number of non-ortho nitro benzene ring substituents is 1. The van der Waals surface area contributed by atoms with Crippen LogP contribution in [-0.2, 0) is 9.53 Å². The van der Waals surface area contributed by atoms with E-state index in [2.05, 4.69) is 5.32 Å². The SMILES string of the molecule is CC(OC(=O)c1cc([N+](=O)[O-])ccc1Cl)C(=O)Nc1ccccc1-c1ccccc1. The van der Waals surface area contributed by atoms with Crippen LogP contribution < -0.4 is 5.32 Å². The summed E-state index contributed by atoms with van der Waals surface area (Å²) in [4.78, 5) is 35.2. The molecule has 0 spiro atoms. The number of carbonyl (C=O) groups is 2. The predicted molar refractivity (Wildman–Crippen MR) is 113 cm³/mol. The van der Waals surface area contributed by atoms with E-state index in [4.69, 9.17) is 16.3 Å². The molecule has 0 heterocycles. The first-order chi connectivity index (χ1) is 14.4. The third kappa shape index (κ3) is 4.82. The summed E-state index contributed by atoms with van der Waals surface area (Å²) in [5.74, 6) is -1.48. The van der Waals surface area contributed by atoms with Gasteiger partial charge in [0.05, 0.1) is 15.5 Å². The van der Waals surface area contributed by atoms with E-state index in [0.29, 0.717) is 5.69 Å². The van der Waals surface area contributed by atoms with E-state index in [1.807, 2.05) is 42.5 Å². The third-order valence-corrected chi connectivity index (χ3v) is 4.63. The maximum absolute atomic E-state index is 12.6. The molecular formula is C22H17ClN2O5. The van der Waals surface area contributed by atoms with Crippen LogP contribution in [0.25, 0.3) is 11.1 Å². The molecule has 8 heteroatoms. The van der Waals surface area contributed by atoms with Gasteiger partial charge in [-0.25, -0.2) is 4.79 Å². The molecule has 3 aromatic carbocycles. The molecular weight excluding hydrogens is 408 g/mol. The summed E-state index contributed by atoms with van der Waals surface area (Å²) in [7, 11) is 0. The van der Waals surface area contributed by atoms with Crippen molar-refractivity contribution in [2.45, 2.75) is 13.0 Å². The highest BCUT2D eigenvalue weighted by Crippen LogP contribution is 2.28. The highest BCUT2D eigenvalue weighted by atomic mass is 35.5. The van der Waals surface area contributed by atoms with Crippen molar-refractivity contribution in [3.63, 3.8) is 0 Å². The summed E-state index contributed by atoms with van der Waals surface area (Å²) in [5.41, 5.74) is 1.80. The number of nitrogens with one attached hydrogen (secondary N) is 1. The highest BCUT2D eigenvalue weighted by Gasteiger charge is 2.23. The van der Waals surface area contributed by atoms with E-state index in [1.165, 1.54) is 19.1 Å². The van der Waals surface area contributed by atoms with Crippen molar-refractivity contribution < 1.29 is 19.2 Å². The zero-order chi connectivity index (χ0) is 21.7. The van der Waals surface area contributed by atoms with E-state index in [9.17, 15) is 19.7 Å². The van der Waals surface area contributed by atoms with Gasteiger partial charge in [0.25, 0.3) is 11.6 Å². The summed E-state index contributed by atoms with van der Waals surface area (Å²) >= 11 is 5.95. The number of amides is 1. The lowest BCUT2D eigenvalue weighted by molar-refractivity contribution is -0.384. The van der Waals surface area contributed by atoms with Gasteiger partial charge in [0.2, 0.25) is 0 Å². The van der Waals surface area contributed by atoms with Crippen molar-refractivity contribution in [2.75, 3.05) is 5.32 Å². The molecule has 1 unspecified atom stereocenters. The second-order valence-corrected chi connectivity index (χ2v) is 6.78. The maximum atomic E-state index is 12.6. The molecule has 1 atom stereocenters. The standard InChI is InChI=1S/C22H17ClN2O5/c1-14(30-22(27)18-13-16(25(28)29)11-12-19(18)23)21(26)24-20-10-6-5-9-17(20)15-7-3-2-4-8-15/h2-14H,1H3,(H,24,26). The lowest BCUT2D eigenvalue weighted by Gasteiger charge is -2.16. The average molecular weight is 425 g/mol. The summed E-state index contributed by atoms with van der Waals surface area (Å²) in [6.07, 6.45) is -1.16. The molecule has 0 aliphatic carbocycles. The van der Waals surface area contributed by atoms with Crippen LogP contribution in [0.2, 0.25) is 5.02 Å². The Hall–Kier alpha value is -3.71. The van der Waals surface area contributed by atoms with Crippen LogP contribution in [0.5, 0.6) is 0 Å². The largest absolute Gasteiger partial charge is 0.449 e. The molecule has 1 N–H and O–H groups in total. The van der Waals surface area contributed by atoms with Crippen molar-refractivity contribution in [3.8, 4) is 11.1 Å². The predicted octanol–water partition coefficient (Wildman–Crippen LogP) is 5.10. The number of benzene rings is 3. The first-order valence-electron chi connectivity index (χ1n) is 8.97. The number of para-hydroxylation sites is 1. The lowest BCUT2D eigenvalue weighted by Crippen LogP contribution is -2.30. The summed E-state index contributed by atoms with van der Waals surface area (Å²) in [6, 6.07) is 20.2. The first kappa shape index (κ1) is 21.0. The Labute approximate surface area is 177 Å². The van der Waals surface area contributed by atoms with Gasteiger partial charge in [0.1, 0.15) is 0 Å². The molecule has 0 saturated carbocycles. The number of carbonyl (C=O) groups excluding carboxylic acids is 2. The van der Waals surface area contributed by atoms with Gasteiger partial charge in [-0.2, -0.15) is 0 Å². The molecule has 0 aromatic heterocycles. The zero-order valence-corrected chi connectivity index (χ0v) is 16.6. The van der Waals surface area contributed by atoms with Gasteiger partial charge < -0.3 is 10.1 Å². The Morgan fingerprint density at radius 3 is 2.40 bits per heavy atom. The van der Waals surface area contributed by atoms with Gasteiger partial charge in [0.15, 0.2) is 6.10 Å². The summed E-state index contributed by atoms with van der Waals surface area (Å²) < 4.78 is 5.17. The Balaban J connectivity index is 1.74. The molecule has 0 bridgehead atoms. The van der Waals surface area contributed by atoms with Gasteiger partial charge in [0, 0.05) is 23.4 Å². The normalized spacial score (nSPS) is 11.4. The van der Waals surface area contributed by atoms with Crippen LogP contribution in [-0.4, -0.2) is 22.9 Å². The van der Waals surface area contributed by atoms with Gasteiger partial charge in [-0.1, -0.05) is 60.1 Å². The number of anilines is 1. The minimum atomic E-state index is -1.16. The second-order valence-electron chi connectivity index (χ2n) is 6.37. The second kappa shape index (κ2) is 9.19. The van der Waals surface area contributed by atoms with Crippen LogP contribution in [0.15, 0.2) is 72.8 Å². The number of nitrogens with zero attached hydrogens (tertiary/aromatic N) is 1. The third-order valence-electron chi connectivity index (χ3n) is 4.30. The molecule has 3 rings (SSSR count). The Bertz CT molecular complexity index is 1100. The molecule has 0 fully saturated rings. The smallest absolute Gasteiger partial charge is 0.340 e. The number of hydrogen-bond acceptors (Lipinski definition) is 5. The Morgan fingerprint density at radius 1 is 1.03 bits per heavy atom. The van der Waals surface area contributed by atoms with Crippen LogP contribution >= 0.6 is 11.6 Å².